The minimum atomic E-state index is -1.12. The van der Waals surface area contributed by atoms with Crippen molar-refractivity contribution in [3.05, 3.63) is 33.4 Å². The maximum absolute atomic E-state index is 13.8. The lowest BCUT2D eigenvalue weighted by Gasteiger charge is -2.59. The van der Waals surface area contributed by atoms with Crippen molar-refractivity contribution in [1.82, 2.24) is 9.80 Å². The van der Waals surface area contributed by atoms with Crippen LogP contribution in [0, 0.1) is 25.2 Å². The van der Waals surface area contributed by atoms with Crippen molar-refractivity contribution in [2.24, 2.45) is 0 Å². The zero-order chi connectivity index (χ0) is 29.9. The number of esters is 1. The quantitative estimate of drug-likeness (QED) is 0.499. The van der Waals surface area contributed by atoms with E-state index in [1.54, 1.807) is 21.0 Å². The van der Waals surface area contributed by atoms with Gasteiger partial charge in [0.05, 0.1) is 47.2 Å². The van der Waals surface area contributed by atoms with Crippen molar-refractivity contribution in [1.29, 1.82) is 5.26 Å². The number of carbonyl (C=O) groups is 1. The zero-order valence-corrected chi connectivity index (χ0v) is 24.7. The number of hydrogen-bond donors (Lipinski definition) is 2. The number of aromatic hydroxyl groups is 2. The summed E-state index contributed by atoms with van der Waals surface area (Å²) in [7, 11) is 7.99. The summed E-state index contributed by atoms with van der Waals surface area (Å²) in [4.78, 5) is 17.8. The highest BCUT2D eigenvalue weighted by Gasteiger charge is 2.58. The molecule has 0 saturated carbocycles. The highest BCUT2D eigenvalue weighted by molar-refractivity contribution is 5.82. The molecule has 1 unspecified atom stereocenters. The summed E-state index contributed by atoms with van der Waals surface area (Å²) >= 11 is 0. The van der Waals surface area contributed by atoms with Crippen LogP contribution < -0.4 is 18.9 Å². The van der Waals surface area contributed by atoms with E-state index in [0.717, 1.165) is 5.56 Å². The van der Waals surface area contributed by atoms with Gasteiger partial charge in [-0.3, -0.25) is 9.80 Å². The van der Waals surface area contributed by atoms with Crippen LogP contribution in [0.25, 0.3) is 0 Å². The molecule has 3 aliphatic heterocycles. The molecule has 5 atom stereocenters. The minimum absolute atomic E-state index is 0.00524. The summed E-state index contributed by atoms with van der Waals surface area (Å²) in [6.45, 7) is 5.44. The van der Waals surface area contributed by atoms with Crippen LogP contribution >= 0.6 is 0 Å². The average molecular weight is 568 g/mol. The number of nitrogens with zero attached hydrogens (tertiary/aromatic N) is 3. The summed E-state index contributed by atoms with van der Waals surface area (Å²) in [5.74, 6) is 0.844. The number of fused-ring (bicyclic) bond motifs is 7. The van der Waals surface area contributed by atoms with E-state index in [4.69, 9.17) is 23.7 Å². The molecular formula is C30H37N3O8. The Morgan fingerprint density at radius 2 is 1.37 bits per heavy atom. The van der Waals surface area contributed by atoms with Crippen molar-refractivity contribution in [3.63, 3.8) is 0 Å². The normalized spacial score (nSPS) is 24.8. The molecule has 3 heterocycles. The maximum Gasteiger partial charge on any atom is 0.328 e. The van der Waals surface area contributed by atoms with E-state index in [2.05, 4.69) is 11.0 Å². The predicted molar refractivity (Wildman–Crippen MR) is 148 cm³/mol. The van der Waals surface area contributed by atoms with E-state index >= 15 is 0 Å². The smallest absolute Gasteiger partial charge is 0.328 e. The fourth-order valence-electron chi connectivity index (χ4n) is 7.53. The number of rotatable bonds is 6. The van der Waals surface area contributed by atoms with Gasteiger partial charge in [0.2, 0.25) is 0 Å². The molecule has 1 fully saturated rings. The lowest BCUT2D eigenvalue weighted by molar-refractivity contribution is -0.159. The van der Waals surface area contributed by atoms with Gasteiger partial charge >= 0.3 is 5.97 Å². The molecule has 11 heteroatoms. The Hall–Kier alpha value is -3.88. The van der Waals surface area contributed by atoms with E-state index in [1.165, 1.54) is 21.3 Å². The van der Waals surface area contributed by atoms with Gasteiger partial charge in [-0.25, -0.2) is 4.79 Å². The van der Waals surface area contributed by atoms with Crippen LogP contribution in [0.1, 0.15) is 52.4 Å². The Morgan fingerprint density at radius 1 is 0.878 bits per heavy atom. The largest absolute Gasteiger partial charge is 0.504 e. The van der Waals surface area contributed by atoms with E-state index in [0.29, 0.717) is 57.9 Å². The Labute approximate surface area is 239 Å². The molecule has 0 amide bonds. The highest BCUT2D eigenvalue weighted by Crippen LogP contribution is 2.59. The molecule has 1 saturated heterocycles. The van der Waals surface area contributed by atoms with E-state index in [-0.39, 0.29) is 29.9 Å². The van der Waals surface area contributed by atoms with Crippen LogP contribution in [0.5, 0.6) is 34.5 Å². The molecule has 5 rings (SSSR count). The fourth-order valence-corrected chi connectivity index (χ4v) is 7.53. The van der Waals surface area contributed by atoms with Crippen LogP contribution in [-0.2, 0) is 22.4 Å². The van der Waals surface area contributed by atoms with E-state index in [9.17, 15) is 20.3 Å². The van der Waals surface area contributed by atoms with Crippen molar-refractivity contribution < 1.29 is 38.7 Å². The zero-order valence-electron chi connectivity index (χ0n) is 24.7. The number of benzene rings is 2. The molecule has 0 aromatic heterocycles. The predicted octanol–water partition coefficient (Wildman–Crippen LogP) is 3.08. The first kappa shape index (κ1) is 28.6. The molecule has 0 aliphatic carbocycles. The lowest BCUT2D eigenvalue weighted by atomic mass is 9.71. The number of carbonyl (C=O) groups excluding carboxylic acids is 1. The second-order valence-electron chi connectivity index (χ2n) is 10.7. The van der Waals surface area contributed by atoms with Crippen LogP contribution in [0.2, 0.25) is 0 Å². The number of ether oxygens (including phenoxy) is 5. The SMILES string of the molecule is CCOC(=O)C1c2c(O)c(OC)c(C)c(OC)c2C[C@H]2[C@@H]3c4c(O)c(OC)c(C)c(OC)c4C[C@@H]([C@H](C#N)N12)N3C. The van der Waals surface area contributed by atoms with Gasteiger partial charge in [-0.1, -0.05) is 0 Å². The summed E-state index contributed by atoms with van der Waals surface area (Å²) < 4.78 is 28.4. The summed E-state index contributed by atoms with van der Waals surface area (Å²) in [6, 6.07) is -0.731. The second-order valence-corrected chi connectivity index (χ2v) is 10.7. The number of likely N-dealkylation sites (N-methyl/N-ethyl adjacent to an activating group) is 1. The van der Waals surface area contributed by atoms with Gasteiger partial charge in [0.1, 0.15) is 23.6 Å². The fraction of sp³-hybridized carbons (Fsp3) is 0.533. The molecule has 11 nitrogen and oxygen atoms in total. The Kier molecular flexibility index (Phi) is 7.34. The number of methoxy groups -OCH3 is 4. The van der Waals surface area contributed by atoms with Crippen molar-refractivity contribution in [3.8, 4) is 40.6 Å². The third-order valence-electron chi connectivity index (χ3n) is 9.05. The summed E-state index contributed by atoms with van der Waals surface area (Å²) in [6.07, 6.45) is 0.699. The molecule has 41 heavy (non-hydrogen) atoms. The van der Waals surface area contributed by atoms with Crippen LogP contribution in [0.4, 0.5) is 0 Å². The third kappa shape index (κ3) is 3.81. The third-order valence-corrected chi connectivity index (χ3v) is 9.05. The summed E-state index contributed by atoms with van der Waals surface area (Å²) in [5.41, 5.74) is 3.65. The Morgan fingerprint density at radius 3 is 1.85 bits per heavy atom. The topological polar surface area (TPSA) is 134 Å². The first-order chi connectivity index (χ1) is 19.6. The molecule has 2 N–H and O–H groups in total. The number of piperazine rings is 1. The number of nitriles is 1. The molecule has 3 aliphatic rings. The minimum Gasteiger partial charge on any atom is -0.504 e. The number of phenols is 2. The van der Waals surface area contributed by atoms with Gasteiger partial charge in [-0.15, -0.1) is 0 Å². The maximum atomic E-state index is 13.8. The van der Waals surface area contributed by atoms with Crippen molar-refractivity contribution in [2.75, 3.05) is 42.1 Å². The first-order valence-corrected chi connectivity index (χ1v) is 13.6. The van der Waals surface area contributed by atoms with Crippen LogP contribution in [0.3, 0.4) is 0 Å². The van der Waals surface area contributed by atoms with Gasteiger partial charge in [-0.05, 0) is 40.7 Å². The van der Waals surface area contributed by atoms with Gasteiger partial charge in [0.25, 0.3) is 0 Å². The monoisotopic (exact) mass is 567 g/mol. The molecule has 2 aromatic rings. The van der Waals surface area contributed by atoms with Crippen molar-refractivity contribution in [2.45, 2.75) is 63.8 Å². The molecule has 220 valence electrons. The molecule has 2 bridgehead atoms. The highest BCUT2D eigenvalue weighted by atomic mass is 16.5. The van der Waals surface area contributed by atoms with E-state index in [1.807, 2.05) is 18.9 Å². The molecule has 2 aromatic carbocycles. The first-order valence-electron chi connectivity index (χ1n) is 13.6. The lowest BCUT2D eigenvalue weighted by Crippen LogP contribution is -2.68. The van der Waals surface area contributed by atoms with Crippen LogP contribution in [-0.4, -0.2) is 86.2 Å². The Balaban J connectivity index is 1.86. The standard InChI is InChI=1S/C30H37N3O8/c1-9-41-30(36)23-21-16(27(38-6)14(3)29(40-8)25(21)35)11-18-22-20-15(10-17(32(22)4)19(12-31)33(18)23)26(37-5)13(2)28(39-7)24(20)34/h17-19,22-23,34-35H,9-11H2,1-8H3/t17-,18-,19-,22+,23?/m0/s1. The molecular weight excluding hydrogens is 530 g/mol. The molecule has 0 spiro atoms. The van der Waals surface area contributed by atoms with Gasteiger partial charge in [0, 0.05) is 45.5 Å². The number of hydrogen-bond acceptors (Lipinski definition) is 11. The van der Waals surface area contributed by atoms with Crippen LogP contribution in [0.15, 0.2) is 0 Å². The summed E-state index contributed by atoms with van der Waals surface area (Å²) in [5, 5.41) is 33.8. The van der Waals surface area contributed by atoms with E-state index < -0.39 is 30.1 Å². The van der Waals surface area contributed by atoms with Gasteiger partial charge in [0.15, 0.2) is 23.0 Å². The number of phenolic OH excluding ortho intramolecular Hbond substituents is 2. The average Bonchev–Trinajstić information content (AvgIpc) is 2.94. The Bertz CT molecular complexity index is 1450. The second kappa shape index (κ2) is 10.5. The van der Waals surface area contributed by atoms with Gasteiger partial charge < -0.3 is 33.9 Å². The molecule has 0 radical (unpaired) electrons. The van der Waals surface area contributed by atoms with Crippen molar-refractivity contribution >= 4 is 5.97 Å². The van der Waals surface area contributed by atoms with Gasteiger partial charge in [-0.2, -0.15) is 5.26 Å².